The first-order valence-corrected chi connectivity index (χ1v) is 34.3. The van der Waals surface area contributed by atoms with Crippen LogP contribution in [0.1, 0.15) is 78.1 Å². The lowest BCUT2D eigenvalue weighted by Gasteiger charge is -2.38. The number of carbonyl (C=O) groups excluding carboxylic acids is 14. The number of rotatable bonds is 44. The number of imide groups is 2. The molecule has 12 amide bonds. The molecular formula is C68H90N12O31. The molecule has 43 heteroatoms. The monoisotopic (exact) mass is 1570 g/mol. The van der Waals surface area contributed by atoms with E-state index in [1.165, 1.54) is 50.6 Å². The molecule has 12 atom stereocenters. The number of unbranched alkanes of at least 4 members (excludes halogenated alkanes) is 2. The standard InChI is InChI=1S/C34H46N6O16.C34H44N6O15/c1-53-13-10-23(42)36-11-3-2-4-19(39-32(50)21(15-35)40-25(44)7-8-26(40)45)31(49)37-12-9-24(43)38-20-14-18(16-54-17-41)5-6-22(20)55-34-29(48)27(46)28(47)30(56-34)33(51)52;1-52-13-10-26(43)36-11-3-2-4-20(39-32(49)22(16-35)40-28(45)7-8-29(40)46)31(48)37-12-9-27(44)38-21-14-19(17-53-18-41)5-6-24(21)54-34-30(47)23(42)15-25(55-34)33(50)51/h5-8,14,17,19,21,27-30,34,46-48H,2-4,9-13,15-16,35H2,1H3,(H,36,42)(H,37,49)(H,38,43)(H,39,50)(H,51,52);5-8,14-15,18,20,22-23,30,34,42,47H,2-4,9-13,16-17,35H2,1H3,(H,36,43)(H,37,48)(H,38,44)(H,39,49)(H,50,51)/t19-,21?,27-,28-,29+,30-,34+;20-,22?,23-,30+,34+/m00/s1/i17D;18D. The molecule has 43 nitrogen and oxygen atoms in total. The first kappa shape index (κ1) is 86.8. The number of aliphatic hydroxyl groups excluding tert-OH is 5. The van der Waals surface area contributed by atoms with Crippen LogP contribution in [-0.4, -0.2) is 281 Å². The van der Waals surface area contributed by atoms with E-state index in [0.29, 0.717) is 35.5 Å². The SMILES string of the molecule is [2H]C(=O)OCc1ccc(O[C@@H]2OC(C(=O)O)=C[C@H](O)[C@H]2O)c(NC(=O)CCNC(=O)[C@H](CCCCNC(=O)CCOC)NC(=O)C(CN)N2C(=O)C=CC2=O)c1.[2H]C(=O)OCc1ccc(O[C@@H]2O[C@H](C(=O)O)[C@@H](O)[C@H](O)[C@H]2O)c(NC(=O)CCNC(=O)[C@H](CCCCNC(=O)CCOC)NC(=O)C(CN)N2C(=O)C=CC2=O)c1. The summed E-state index contributed by atoms with van der Waals surface area (Å²) in [7, 11) is 2.92. The molecular weight excluding hydrogens is 1480 g/mol. The number of hydrogen-bond acceptors (Lipinski definition) is 31. The second-order valence-electron chi connectivity index (χ2n) is 24.4. The lowest BCUT2D eigenvalue weighted by Crippen LogP contribution is -2.61. The molecule has 0 saturated carbocycles. The van der Waals surface area contributed by atoms with Crippen molar-refractivity contribution in [3.8, 4) is 11.5 Å². The molecule has 6 rings (SSSR count). The maximum Gasteiger partial charge on any atom is 0.371 e. The molecule has 0 radical (unpaired) electrons. The minimum absolute atomic E-state index is 0.0368. The first-order chi connectivity index (χ1) is 53.7. The third kappa shape index (κ3) is 28.2. The van der Waals surface area contributed by atoms with E-state index >= 15 is 0 Å². The Kier molecular flexibility index (Phi) is 36.1. The Morgan fingerprint density at radius 3 is 1.35 bits per heavy atom. The van der Waals surface area contributed by atoms with Crippen molar-refractivity contribution in [2.24, 2.45) is 11.5 Å². The van der Waals surface area contributed by atoms with E-state index in [0.717, 1.165) is 30.4 Å². The summed E-state index contributed by atoms with van der Waals surface area (Å²) in [6.45, 7) is -1.27. The van der Waals surface area contributed by atoms with Gasteiger partial charge in [0, 0.05) is 103 Å². The van der Waals surface area contributed by atoms with E-state index in [1.54, 1.807) is 0 Å². The van der Waals surface area contributed by atoms with Crippen molar-refractivity contribution in [2.45, 2.75) is 151 Å². The highest BCUT2D eigenvalue weighted by molar-refractivity contribution is 6.16. The molecule has 0 spiro atoms. The zero-order valence-corrected chi connectivity index (χ0v) is 59.9. The van der Waals surface area contributed by atoms with Crippen LogP contribution in [0.2, 0.25) is 0 Å². The molecule has 111 heavy (non-hydrogen) atoms. The molecule has 19 N–H and O–H groups in total. The number of carbonyl (C=O) groups is 16. The molecule has 2 unspecified atom stereocenters. The van der Waals surface area contributed by atoms with Gasteiger partial charge in [0.25, 0.3) is 42.8 Å². The number of benzene rings is 2. The predicted molar refractivity (Wildman–Crippen MR) is 374 cm³/mol. The van der Waals surface area contributed by atoms with Crippen LogP contribution in [0.25, 0.3) is 0 Å². The number of nitrogens with zero attached hydrogens (tertiary/aromatic N) is 2. The molecule has 2 aromatic carbocycles. The van der Waals surface area contributed by atoms with Crippen molar-refractivity contribution < 1.29 is 153 Å². The van der Waals surface area contributed by atoms with Crippen LogP contribution in [-0.2, 0) is 118 Å². The fraction of sp³-hybridized carbons (Fsp3) is 0.500. The van der Waals surface area contributed by atoms with Gasteiger partial charge in [0.15, 0.2) is 14.9 Å². The first-order valence-electron chi connectivity index (χ1n) is 35.3. The molecule has 1 saturated heterocycles. The summed E-state index contributed by atoms with van der Waals surface area (Å²) in [6.07, 6.45) is -11.9. The Morgan fingerprint density at radius 1 is 0.541 bits per heavy atom. The molecule has 4 aliphatic heterocycles. The van der Waals surface area contributed by atoms with E-state index in [4.69, 9.17) is 42.6 Å². The van der Waals surface area contributed by atoms with Crippen LogP contribution in [0, 0.1) is 0 Å². The number of carboxylic acid groups (broad SMARTS) is 2. The Hall–Kier alpha value is -11.4. The highest BCUT2D eigenvalue weighted by Gasteiger charge is 2.49. The largest absolute Gasteiger partial charge is 0.479 e. The second kappa shape index (κ2) is 46.2. The Balaban J connectivity index is 0.000000404. The van der Waals surface area contributed by atoms with Crippen molar-refractivity contribution in [3.05, 3.63) is 83.7 Å². The van der Waals surface area contributed by atoms with E-state index in [1.807, 2.05) is 0 Å². The summed E-state index contributed by atoms with van der Waals surface area (Å²) in [6, 6.07) is 2.45. The summed E-state index contributed by atoms with van der Waals surface area (Å²) in [4.78, 5) is 198. The fourth-order valence-electron chi connectivity index (χ4n) is 10.6. The van der Waals surface area contributed by atoms with Gasteiger partial charge in [-0.1, -0.05) is 12.1 Å². The highest BCUT2D eigenvalue weighted by atomic mass is 16.7. The molecule has 0 bridgehead atoms. The Morgan fingerprint density at radius 2 is 0.964 bits per heavy atom. The van der Waals surface area contributed by atoms with Crippen molar-refractivity contribution in [2.75, 3.05) is 77.3 Å². The zero-order chi connectivity index (χ0) is 83.6. The summed E-state index contributed by atoms with van der Waals surface area (Å²) < 4.78 is 54.5. The van der Waals surface area contributed by atoms with Gasteiger partial charge in [-0.25, -0.2) is 9.59 Å². The van der Waals surface area contributed by atoms with Crippen LogP contribution in [0.5, 0.6) is 11.5 Å². The number of nitrogens with two attached hydrogens (primary N) is 2. The summed E-state index contributed by atoms with van der Waals surface area (Å²) in [5.74, 6) is -12.5. The molecule has 0 aromatic heterocycles. The Labute approximate surface area is 634 Å². The number of methoxy groups -OCH3 is 2. The van der Waals surface area contributed by atoms with Crippen molar-refractivity contribution in [3.63, 3.8) is 0 Å². The van der Waals surface area contributed by atoms with Crippen LogP contribution in [0.15, 0.2) is 72.5 Å². The van der Waals surface area contributed by atoms with Crippen LogP contribution in [0.3, 0.4) is 0 Å². The number of carboxylic acids is 2. The smallest absolute Gasteiger partial charge is 0.371 e. The highest BCUT2D eigenvalue weighted by Crippen LogP contribution is 2.33. The molecule has 608 valence electrons. The predicted octanol–water partition coefficient (Wildman–Crippen LogP) is -6.57. The van der Waals surface area contributed by atoms with Crippen LogP contribution >= 0.6 is 0 Å². The van der Waals surface area contributed by atoms with Gasteiger partial charge in [-0.15, -0.1) is 0 Å². The molecule has 2 aromatic rings. The minimum atomic E-state index is -2.00. The average molecular weight is 1570 g/mol. The quantitative estimate of drug-likeness (QED) is 0.0167. The van der Waals surface area contributed by atoms with Gasteiger partial charge in [0.2, 0.25) is 59.3 Å². The molecule has 1 fully saturated rings. The van der Waals surface area contributed by atoms with Gasteiger partial charge in [0.05, 0.1) is 24.6 Å². The third-order valence-corrected chi connectivity index (χ3v) is 16.4. The lowest BCUT2D eigenvalue weighted by molar-refractivity contribution is -0.271. The molecule has 4 aliphatic rings. The fourth-order valence-corrected chi connectivity index (χ4v) is 10.6. The number of anilines is 2. The number of aliphatic hydroxyl groups is 5. The van der Waals surface area contributed by atoms with Gasteiger partial charge in [-0.2, -0.15) is 0 Å². The number of amides is 12. The van der Waals surface area contributed by atoms with Gasteiger partial charge in [-0.05, 0) is 80.0 Å². The van der Waals surface area contributed by atoms with Gasteiger partial charge in [0.1, 0.15) is 73.3 Å². The number of aliphatic carboxylic acids is 2. The van der Waals surface area contributed by atoms with Gasteiger partial charge < -0.3 is 128 Å². The van der Waals surface area contributed by atoms with E-state index < -0.39 is 189 Å². The maximum atomic E-state index is 13.3. The van der Waals surface area contributed by atoms with Crippen LogP contribution in [0.4, 0.5) is 11.4 Å². The summed E-state index contributed by atoms with van der Waals surface area (Å²) >= 11 is 0. The second-order valence-corrected chi connectivity index (χ2v) is 24.4. The van der Waals surface area contributed by atoms with E-state index in [-0.39, 0.29) is 124 Å². The van der Waals surface area contributed by atoms with E-state index in [9.17, 15) is 112 Å². The number of ether oxygens (including phenoxy) is 8. The van der Waals surface area contributed by atoms with Crippen molar-refractivity contribution in [1.82, 2.24) is 41.7 Å². The average Bonchev–Trinajstić information content (AvgIpc) is 1.74. The third-order valence-electron chi connectivity index (χ3n) is 16.4. The summed E-state index contributed by atoms with van der Waals surface area (Å²) in [5.41, 5.74) is 11.7. The normalized spacial score (nSPS) is 20.3. The molecule has 0 aliphatic carbocycles. The van der Waals surface area contributed by atoms with E-state index in [2.05, 4.69) is 52.0 Å². The number of nitrogens with one attached hydrogen (secondary N) is 8. The summed E-state index contributed by atoms with van der Waals surface area (Å²) in [5, 5.41) is 90.2. The number of hydrogen-bond donors (Lipinski definition) is 17. The Bertz CT molecular complexity index is 3830. The molecule has 4 heterocycles. The van der Waals surface area contributed by atoms with Gasteiger partial charge in [-0.3, -0.25) is 76.9 Å². The lowest BCUT2D eigenvalue weighted by atomic mass is 9.99. The zero-order valence-electron chi connectivity index (χ0n) is 61.9. The minimum Gasteiger partial charge on any atom is -0.479 e. The van der Waals surface area contributed by atoms with Crippen molar-refractivity contribution >= 4 is 107 Å². The maximum absolute atomic E-state index is 13.3. The topological polar surface area (TPSA) is 643 Å². The van der Waals surface area contributed by atoms with Gasteiger partial charge >= 0.3 is 11.9 Å². The van der Waals surface area contributed by atoms with Crippen LogP contribution < -0.4 is 63.5 Å². The van der Waals surface area contributed by atoms with Crippen molar-refractivity contribution in [1.29, 1.82) is 0 Å².